The summed E-state index contributed by atoms with van der Waals surface area (Å²) in [7, 11) is 0. The van der Waals surface area contributed by atoms with Gasteiger partial charge in [0.25, 0.3) is 0 Å². The van der Waals surface area contributed by atoms with Gasteiger partial charge in [-0.1, -0.05) is 41.5 Å². The van der Waals surface area contributed by atoms with E-state index in [1.165, 1.54) is 18.6 Å². The lowest BCUT2D eigenvalue weighted by atomic mass is 9.87. The van der Waals surface area contributed by atoms with E-state index in [2.05, 4.69) is 41.5 Å². The van der Waals surface area contributed by atoms with E-state index < -0.39 is 0 Å². The van der Waals surface area contributed by atoms with Gasteiger partial charge in [0, 0.05) is 5.92 Å². The van der Waals surface area contributed by atoms with E-state index in [1.54, 1.807) is 5.57 Å². The van der Waals surface area contributed by atoms with Crippen LogP contribution in [0.15, 0.2) is 11.3 Å². The lowest BCUT2D eigenvalue weighted by molar-refractivity contribution is 0.0371. The highest BCUT2D eigenvalue weighted by Crippen LogP contribution is 2.34. The molecule has 1 atom stereocenters. The second-order valence-corrected chi connectivity index (χ2v) is 5.64. The molecule has 0 bridgehead atoms. The van der Waals surface area contributed by atoms with E-state index in [0.29, 0.717) is 23.9 Å². The van der Waals surface area contributed by atoms with Gasteiger partial charge in [0.1, 0.15) is 6.10 Å². The van der Waals surface area contributed by atoms with Gasteiger partial charge in [-0.15, -0.1) is 0 Å². The van der Waals surface area contributed by atoms with Crippen LogP contribution >= 0.6 is 0 Å². The normalized spacial score (nSPS) is 22.9. The quantitative estimate of drug-likeness (QED) is 0.671. The van der Waals surface area contributed by atoms with Crippen molar-refractivity contribution in [2.75, 3.05) is 0 Å². The van der Waals surface area contributed by atoms with Crippen molar-refractivity contribution in [3.05, 3.63) is 11.3 Å². The molecular weight excluding hydrogens is 184 g/mol. The standard InChI is InChI=1S/C14H26O/c1-9(2)12-7-8-13(10(3)4)15-14(12)11(5)6/h9-11,13H,7-8H2,1-6H3. The Morgan fingerprint density at radius 1 is 1.00 bits per heavy atom. The van der Waals surface area contributed by atoms with Crippen LogP contribution in [-0.4, -0.2) is 6.10 Å². The maximum atomic E-state index is 6.16. The maximum absolute atomic E-state index is 6.16. The highest BCUT2D eigenvalue weighted by Gasteiger charge is 2.26. The molecular formula is C14H26O. The Morgan fingerprint density at radius 2 is 1.60 bits per heavy atom. The Labute approximate surface area is 94.9 Å². The summed E-state index contributed by atoms with van der Waals surface area (Å²) in [6.07, 6.45) is 2.86. The van der Waals surface area contributed by atoms with Crippen LogP contribution in [0.5, 0.6) is 0 Å². The van der Waals surface area contributed by atoms with E-state index >= 15 is 0 Å². The van der Waals surface area contributed by atoms with Crippen molar-refractivity contribution in [2.45, 2.75) is 60.5 Å². The van der Waals surface area contributed by atoms with Crippen molar-refractivity contribution in [2.24, 2.45) is 17.8 Å². The topological polar surface area (TPSA) is 9.23 Å². The molecule has 1 unspecified atom stereocenters. The van der Waals surface area contributed by atoms with Gasteiger partial charge < -0.3 is 4.74 Å². The average Bonchev–Trinajstić information content (AvgIpc) is 2.16. The lowest BCUT2D eigenvalue weighted by Crippen LogP contribution is -2.27. The highest BCUT2D eigenvalue weighted by molar-refractivity contribution is 5.15. The maximum Gasteiger partial charge on any atom is 0.101 e. The summed E-state index contributed by atoms with van der Waals surface area (Å²) >= 11 is 0. The molecule has 0 aliphatic carbocycles. The van der Waals surface area contributed by atoms with E-state index in [0.717, 1.165) is 0 Å². The molecule has 0 radical (unpaired) electrons. The number of hydrogen-bond acceptors (Lipinski definition) is 1. The van der Waals surface area contributed by atoms with Crippen molar-refractivity contribution < 1.29 is 4.74 Å². The molecule has 0 saturated carbocycles. The Hall–Kier alpha value is -0.460. The zero-order valence-corrected chi connectivity index (χ0v) is 11.1. The van der Waals surface area contributed by atoms with E-state index in [1.807, 2.05) is 0 Å². The van der Waals surface area contributed by atoms with Crippen LogP contribution in [0, 0.1) is 17.8 Å². The molecule has 1 aliphatic rings. The minimum Gasteiger partial charge on any atom is -0.494 e. The van der Waals surface area contributed by atoms with E-state index in [4.69, 9.17) is 4.74 Å². The molecule has 88 valence electrons. The summed E-state index contributed by atoms with van der Waals surface area (Å²) in [5.74, 6) is 3.07. The molecule has 1 nitrogen and oxygen atoms in total. The molecule has 1 aliphatic heterocycles. The summed E-state index contributed by atoms with van der Waals surface area (Å²) < 4.78 is 6.16. The number of hydrogen-bond donors (Lipinski definition) is 0. The molecule has 0 spiro atoms. The first kappa shape index (κ1) is 12.6. The first-order chi connectivity index (χ1) is 6.93. The Bertz CT molecular complexity index is 236. The minimum absolute atomic E-state index is 0.435. The second kappa shape index (κ2) is 5.05. The van der Waals surface area contributed by atoms with Crippen LogP contribution in [-0.2, 0) is 4.74 Å². The van der Waals surface area contributed by atoms with Crippen LogP contribution in [0.1, 0.15) is 54.4 Å². The van der Waals surface area contributed by atoms with Gasteiger partial charge in [-0.2, -0.15) is 0 Å². The van der Waals surface area contributed by atoms with Crippen molar-refractivity contribution in [3.8, 4) is 0 Å². The molecule has 0 aromatic heterocycles. The predicted molar refractivity (Wildman–Crippen MR) is 65.6 cm³/mol. The number of allylic oxidation sites excluding steroid dienone is 2. The van der Waals surface area contributed by atoms with Crippen LogP contribution in [0.2, 0.25) is 0 Å². The minimum atomic E-state index is 0.435. The Kier molecular flexibility index (Phi) is 4.24. The van der Waals surface area contributed by atoms with Gasteiger partial charge in [0.05, 0.1) is 5.76 Å². The third kappa shape index (κ3) is 2.99. The molecule has 0 aromatic rings. The average molecular weight is 210 g/mol. The SMILES string of the molecule is CC(C)C1=C(C(C)C)OC(C(C)C)CC1. The van der Waals surface area contributed by atoms with Crippen LogP contribution in [0.25, 0.3) is 0 Å². The monoisotopic (exact) mass is 210 g/mol. The largest absolute Gasteiger partial charge is 0.494 e. The van der Waals surface area contributed by atoms with E-state index in [9.17, 15) is 0 Å². The van der Waals surface area contributed by atoms with Crippen molar-refractivity contribution in [1.29, 1.82) is 0 Å². The third-order valence-corrected chi connectivity index (χ3v) is 3.26. The molecule has 15 heavy (non-hydrogen) atoms. The first-order valence-corrected chi connectivity index (χ1v) is 6.33. The van der Waals surface area contributed by atoms with Crippen LogP contribution in [0.4, 0.5) is 0 Å². The van der Waals surface area contributed by atoms with Gasteiger partial charge in [-0.05, 0) is 30.3 Å². The highest BCUT2D eigenvalue weighted by atomic mass is 16.5. The summed E-state index contributed by atoms with van der Waals surface area (Å²) in [5.41, 5.74) is 1.54. The fourth-order valence-electron chi connectivity index (χ4n) is 2.27. The molecule has 0 saturated heterocycles. The molecule has 1 rings (SSSR count). The second-order valence-electron chi connectivity index (χ2n) is 5.64. The summed E-state index contributed by atoms with van der Waals surface area (Å²) in [5, 5.41) is 0. The predicted octanol–water partition coefficient (Wildman–Crippen LogP) is 4.39. The van der Waals surface area contributed by atoms with Crippen LogP contribution in [0.3, 0.4) is 0 Å². The van der Waals surface area contributed by atoms with Gasteiger partial charge >= 0.3 is 0 Å². The molecule has 0 aromatic carbocycles. The Morgan fingerprint density at radius 3 is 2.00 bits per heavy atom. The smallest absolute Gasteiger partial charge is 0.101 e. The summed E-state index contributed by atoms with van der Waals surface area (Å²) in [6.45, 7) is 13.5. The number of ether oxygens (including phenoxy) is 1. The van der Waals surface area contributed by atoms with Gasteiger partial charge in [0.2, 0.25) is 0 Å². The lowest BCUT2D eigenvalue weighted by Gasteiger charge is -2.34. The van der Waals surface area contributed by atoms with Crippen molar-refractivity contribution in [3.63, 3.8) is 0 Å². The molecule has 1 heteroatoms. The van der Waals surface area contributed by atoms with Crippen molar-refractivity contribution >= 4 is 0 Å². The zero-order chi connectivity index (χ0) is 11.6. The zero-order valence-electron chi connectivity index (χ0n) is 11.1. The summed E-state index contributed by atoms with van der Waals surface area (Å²) in [4.78, 5) is 0. The van der Waals surface area contributed by atoms with Gasteiger partial charge in [0.15, 0.2) is 0 Å². The van der Waals surface area contributed by atoms with Gasteiger partial charge in [-0.25, -0.2) is 0 Å². The first-order valence-electron chi connectivity index (χ1n) is 6.33. The molecule has 0 fully saturated rings. The Balaban J connectivity index is 2.86. The fraction of sp³-hybridized carbons (Fsp3) is 0.857. The molecule has 0 N–H and O–H groups in total. The molecule has 1 heterocycles. The molecule has 0 amide bonds. The summed E-state index contributed by atoms with van der Waals surface area (Å²) in [6, 6.07) is 0. The van der Waals surface area contributed by atoms with Crippen LogP contribution < -0.4 is 0 Å². The van der Waals surface area contributed by atoms with E-state index in [-0.39, 0.29) is 0 Å². The van der Waals surface area contributed by atoms with Crippen molar-refractivity contribution in [1.82, 2.24) is 0 Å². The third-order valence-electron chi connectivity index (χ3n) is 3.26. The fourth-order valence-corrected chi connectivity index (χ4v) is 2.27. The van der Waals surface area contributed by atoms with Gasteiger partial charge in [-0.3, -0.25) is 0 Å². The number of rotatable bonds is 3.